The third kappa shape index (κ3) is 2.32. The number of carboxylic acid groups (broad SMARTS) is 1. The summed E-state index contributed by atoms with van der Waals surface area (Å²) >= 11 is 0. The number of amides is 1. The highest BCUT2D eigenvalue weighted by Crippen LogP contribution is 2.55. The number of rotatable bonds is 3. The van der Waals surface area contributed by atoms with E-state index in [0.717, 1.165) is 0 Å². The Morgan fingerprint density at radius 3 is 2.42 bits per heavy atom. The molecule has 19 heavy (non-hydrogen) atoms. The zero-order chi connectivity index (χ0) is 13.4. The van der Waals surface area contributed by atoms with E-state index in [1.165, 1.54) is 37.9 Å². The topological polar surface area (TPSA) is 79.3 Å². The van der Waals surface area contributed by atoms with Crippen LogP contribution in [-0.2, 0) is 4.79 Å². The van der Waals surface area contributed by atoms with Crippen LogP contribution in [0.4, 0.5) is 5.69 Å². The van der Waals surface area contributed by atoms with Crippen molar-refractivity contribution in [3.63, 3.8) is 0 Å². The molecule has 2 unspecified atom stereocenters. The average Bonchev–Trinajstić information content (AvgIpc) is 3.13. The van der Waals surface area contributed by atoms with Gasteiger partial charge in [-0.2, -0.15) is 0 Å². The van der Waals surface area contributed by atoms with Crippen LogP contribution < -0.4 is 5.32 Å². The van der Waals surface area contributed by atoms with Gasteiger partial charge in [0.2, 0.25) is 5.91 Å². The first kappa shape index (κ1) is 12.1. The first-order chi connectivity index (χ1) is 9.16. The number of hydrogen-bond acceptors (Lipinski definition) is 3. The predicted octanol–water partition coefficient (Wildman–Crippen LogP) is 2.15. The molecule has 1 heterocycles. The molecule has 0 spiro atoms. The van der Waals surface area contributed by atoms with E-state index in [4.69, 9.17) is 5.11 Å². The summed E-state index contributed by atoms with van der Waals surface area (Å²) in [5.41, 5.74) is 0.553. The van der Waals surface area contributed by atoms with Gasteiger partial charge < -0.3 is 10.4 Å². The van der Waals surface area contributed by atoms with E-state index in [-0.39, 0.29) is 17.5 Å². The number of hydrogen-bond donors (Lipinski definition) is 2. The number of nitrogens with zero attached hydrogens (tertiary/aromatic N) is 1. The summed E-state index contributed by atoms with van der Waals surface area (Å²) in [6, 6.07) is 2.98. The summed E-state index contributed by atoms with van der Waals surface area (Å²) in [5, 5.41) is 11.6. The maximum absolute atomic E-state index is 12.1. The van der Waals surface area contributed by atoms with Gasteiger partial charge in [-0.1, -0.05) is 12.8 Å². The van der Waals surface area contributed by atoms with Crippen molar-refractivity contribution in [2.75, 3.05) is 5.32 Å². The molecule has 1 aromatic rings. The number of carboxylic acids is 1. The molecule has 2 N–H and O–H groups in total. The summed E-state index contributed by atoms with van der Waals surface area (Å²) in [5.74, 6) is 0.287. The Morgan fingerprint density at radius 1 is 1.21 bits per heavy atom. The van der Waals surface area contributed by atoms with Crippen LogP contribution in [0.2, 0.25) is 0 Å². The van der Waals surface area contributed by atoms with Crippen molar-refractivity contribution in [2.45, 2.75) is 25.7 Å². The lowest BCUT2D eigenvalue weighted by Crippen LogP contribution is -2.16. The van der Waals surface area contributed by atoms with Gasteiger partial charge in [-0.3, -0.25) is 4.79 Å². The molecule has 2 saturated carbocycles. The van der Waals surface area contributed by atoms with Crippen LogP contribution in [0.25, 0.3) is 0 Å². The molecule has 2 fully saturated rings. The van der Waals surface area contributed by atoms with Crippen molar-refractivity contribution in [3.8, 4) is 0 Å². The molecule has 0 saturated heterocycles. The van der Waals surface area contributed by atoms with Gasteiger partial charge in [0.15, 0.2) is 0 Å². The van der Waals surface area contributed by atoms with Crippen molar-refractivity contribution < 1.29 is 14.7 Å². The van der Waals surface area contributed by atoms with Crippen molar-refractivity contribution in [3.05, 3.63) is 24.0 Å². The highest BCUT2D eigenvalue weighted by atomic mass is 16.4. The first-order valence-electron chi connectivity index (χ1n) is 6.67. The number of carbonyl (C=O) groups is 2. The molecule has 0 bridgehead atoms. The molecule has 0 aliphatic heterocycles. The molecule has 0 radical (unpaired) electrons. The number of aromatic carboxylic acids is 1. The van der Waals surface area contributed by atoms with Gasteiger partial charge in [0.25, 0.3) is 0 Å². The monoisotopic (exact) mass is 260 g/mol. The zero-order valence-electron chi connectivity index (χ0n) is 10.5. The summed E-state index contributed by atoms with van der Waals surface area (Å²) < 4.78 is 0. The fourth-order valence-electron chi connectivity index (χ4n) is 3.20. The smallest absolute Gasteiger partial charge is 0.354 e. The van der Waals surface area contributed by atoms with Crippen LogP contribution in [0, 0.1) is 17.8 Å². The zero-order valence-corrected chi connectivity index (χ0v) is 10.5. The van der Waals surface area contributed by atoms with Crippen LogP contribution in [0.5, 0.6) is 0 Å². The Balaban J connectivity index is 1.62. The lowest BCUT2D eigenvalue weighted by molar-refractivity contribution is -0.117. The SMILES string of the molecule is O=C(O)c1ccc(NC(=O)C2C3CCCCC32)cn1. The van der Waals surface area contributed by atoms with Crippen LogP contribution in [-0.4, -0.2) is 22.0 Å². The van der Waals surface area contributed by atoms with E-state index in [2.05, 4.69) is 10.3 Å². The third-order valence-corrected chi connectivity index (χ3v) is 4.21. The van der Waals surface area contributed by atoms with Crippen molar-refractivity contribution in [1.82, 2.24) is 4.98 Å². The van der Waals surface area contributed by atoms with E-state index >= 15 is 0 Å². The van der Waals surface area contributed by atoms with Gasteiger partial charge in [0.1, 0.15) is 5.69 Å². The minimum atomic E-state index is -1.06. The maximum Gasteiger partial charge on any atom is 0.354 e. The summed E-state index contributed by atoms with van der Waals surface area (Å²) in [6.45, 7) is 0. The Labute approximate surface area is 111 Å². The molecule has 2 atom stereocenters. The number of aromatic nitrogens is 1. The Bertz CT molecular complexity index is 500. The minimum absolute atomic E-state index is 0.0157. The largest absolute Gasteiger partial charge is 0.477 e. The van der Waals surface area contributed by atoms with E-state index in [1.807, 2.05) is 0 Å². The van der Waals surface area contributed by atoms with Gasteiger partial charge in [-0.15, -0.1) is 0 Å². The second-order valence-corrected chi connectivity index (χ2v) is 5.36. The van der Waals surface area contributed by atoms with E-state index < -0.39 is 5.97 Å². The quantitative estimate of drug-likeness (QED) is 0.872. The molecule has 5 nitrogen and oxygen atoms in total. The minimum Gasteiger partial charge on any atom is -0.477 e. The summed E-state index contributed by atoms with van der Waals surface area (Å²) in [7, 11) is 0. The number of pyridine rings is 1. The lowest BCUT2D eigenvalue weighted by Gasteiger charge is -2.04. The third-order valence-electron chi connectivity index (χ3n) is 4.21. The van der Waals surface area contributed by atoms with E-state index in [1.54, 1.807) is 6.07 Å². The normalized spacial score (nSPS) is 28.3. The van der Waals surface area contributed by atoms with Crippen LogP contribution >= 0.6 is 0 Å². The van der Waals surface area contributed by atoms with Gasteiger partial charge in [-0.05, 0) is 36.8 Å². The molecule has 2 aliphatic carbocycles. The van der Waals surface area contributed by atoms with E-state index in [0.29, 0.717) is 17.5 Å². The number of anilines is 1. The molecule has 1 amide bonds. The number of nitrogens with one attached hydrogen (secondary N) is 1. The molecular weight excluding hydrogens is 244 g/mol. The number of carbonyl (C=O) groups excluding carboxylic acids is 1. The fraction of sp³-hybridized carbons (Fsp3) is 0.500. The maximum atomic E-state index is 12.1. The molecule has 5 heteroatoms. The first-order valence-corrected chi connectivity index (χ1v) is 6.67. The lowest BCUT2D eigenvalue weighted by atomic mass is 10.0. The molecule has 3 rings (SSSR count). The fourth-order valence-corrected chi connectivity index (χ4v) is 3.20. The number of fused-ring (bicyclic) bond motifs is 1. The van der Waals surface area contributed by atoms with E-state index in [9.17, 15) is 9.59 Å². The Morgan fingerprint density at radius 2 is 1.89 bits per heavy atom. The van der Waals surface area contributed by atoms with Crippen molar-refractivity contribution in [2.24, 2.45) is 17.8 Å². The molecular formula is C14H16N2O3. The Hall–Kier alpha value is -1.91. The summed E-state index contributed by atoms with van der Waals surface area (Å²) in [6.07, 6.45) is 6.20. The predicted molar refractivity (Wildman–Crippen MR) is 68.8 cm³/mol. The highest BCUT2D eigenvalue weighted by molar-refractivity contribution is 5.95. The standard InChI is InChI=1S/C14H16N2O3/c17-13(12-9-3-1-2-4-10(9)12)16-8-5-6-11(14(18)19)15-7-8/h5-7,9-10,12H,1-4H2,(H,16,17)(H,18,19). The van der Waals surface area contributed by atoms with Gasteiger partial charge in [-0.25, -0.2) is 9.78 Å². The van der Waals surface area contributed by atoms with Crippen LogP contribution in [0.3, 0.4) is 0 Å². The van der Waals surface area contributed by atoms with Crippen molar-refractivity contribution >= 4 is 17.6 Å². The van der Waals surface area contributed by atoms with Crippen LogP contribution in [0.15, 0.2) is 18.3 Å². The van der Waals surface area contributed by atoms with Gasteiger partial charge in [0, 0.05) is 5.92 Å². The van der Waals surface area contributed by atoms with Gasteiger partial charge >= 0.3 is 5.97 Å². The van der Waals surface area contributed by atoms with Gasteiger partial charge in [0.05, 0.1) is 11.9 Å². The molecule has 0 aromatic carbocycles. The molecule has 100 valence electrons. The average molecular weight is 260 g/mol. The highest BCUT2D eigenvalue weighted by Gasteiger charge is 2.54. The molecule has 2 aliphatic rings. The summed E-state index contributed by atoms with van der Waals surface area (Å²) in [4.78, 5) is 26.6. The Kier molecular flexibility index (Phi) is 2.97. The van der Waals surface area contributed by atoms with Crippen LogP contribution in [0.1, 0.15) is 36.2 Å². The second kappa shape index (κ2) is 4.64. The van der Waals surface area contributed by atoms with Crippen molar-refractivity contribution in [1.29, 1.82) is 0 Å². The second-order valence-electron chi connectivity index (χ2n) is 5.36. The molecule has 1 aromatic heterocycles.